The van der Waals surface area contributed by atoms with Crippen molar-refractivity contribution in [1.29, 1.82) is 0 Å². The van der Waals surface area contributed by atoms with Gasteiger partial charge in [-0.2, -0.15) is 0 Å². The zero-order chi connectivity index (χ0) is 18.0. The summed E-state index contributed by atoms with van der Waals surface area (Å²) in [4.78, 5) is 24.3. The zero-order valence-electron chi connectivity index (χ0n) is 13.1. The van der Waals surface area contributed by atoms with Crippen LogP contribution in [0.5, 0.6) is 0 Å². The molecule has 2 N–H and O–H groups in total. The van der Waals surface area contributed by atoms with Gasteiger partial charge in [0.15, 0.2) is 0 Å². The lowest BCUT2D eigenvalue weighted by atomic mass is 10.1. The predicted molar refractivity (Wildman–Crippen MR) is 95.3 cm³/mol. The quantitative estimate of drug-likeness (QED) is 0.697. The minimum atomic E-state index is -3.37. The Hall–Kier alpha value is -3.13. The summed E-state index contributed by atoms with van der Waals surface area (Å²) >= 11 is 0. The van der Waals surface area contributed by atoms with Gasteiger partial charge in [-0.3, -0.25) is 9.52 Å². The number of para-hydroxylation sites is 1. The molecule has 0 atom stereocenters. The maximum Gasteiger partial charge on any atom is 0.349 e. The molecule has 0 saturated carbocycles. The Balaban J connectivity index is 1.83. The van der Waals surface area contributed by atoms with Crippen LogP contribution in [0.2, 0.25) is 0 Å². The lowest BCUT2D eigenvalue weighted by molar-refractivity contribution is 0.102. The van der Waals surface area contributed by atoms with Crippen LogP contribution in [0.1, 0.15) is 10.4 Å². The molecule has 1 heterocycles. The van der Waals surface area contributed by atoms with E-state index in [1.165, 1.54) is 30.3 Å². The molecule has 0 aliphatic rings. The second kappa shape index (κ2) is 6.40. The highest BCUT2D eigenvalue weighted by atomic mass is 32.2. The van der Waals surface area contributed by atoms with Gasteiger partial charge in [-0.1, -0.05) is 18.2 Å². The summed E-state index contributed by atoms with van der Waals surface area (Å²) in [7, 11) is -3.37. The molecule has 0 aliphatic carbocycles. The molecule has 0 saturated heterocycles. The normalized spacial score (nSPS) is 11.2. The first-order valence-corrected chi connectivity index (χ1v) is 9.13. The summed E-state index contributed by atoms with van der Waals surface area (Å²) in [5.74, 6) is -0.608. The number of amides is 1. The molecule has 128 valence electrons. The number of carbonyl (C=O) groups is 1. The molecule has 7 nitrogen and oxygen atoms in total. The van der Waals surface area contributed by atoms with Gasteiger partial charge in [-0.05, 0) is 36.4 Å². The van der Waals surface area contributed by atoms with Crippen molar-refractivity contribution < 1.29 is 17.6 Å². The highest BCUT2D eigenvalue weighted by Gasteiger charge is 2.14. The van der Waals surface area contributed by atoms with Crippen molar-refractivity contribution in [3.8, 4) is 0 Å². The van der Waals surface area contributed by atoms with Crippen molar-refractivity contribution in [2.45, 2.75) is 0 Å². The maximum absolute atomic E-state index is 12.3. The topological polar surface area (TPSA) is 105 Å². The van der Waals surface area contributed by atoms with E-state index in [1.807, 2.05) is 0 Å². The molecular formula is C17H14N2O5S. The summed E-state index contributed by atoms with van der Waals surface area (Å²) in [6.45, 7) is 0. The van der Waals surface area contributed by atoms with E-state index in [2.05, 4.69) is 10.0 Å². The van der Waals surface area contributed by atoms with Gasteiger partial charge in [0.1, 0.15) is 11.1 Å². The summed E-state index contributed by atoms with van der Waals surface area (Å²) in [5, 5.41) is 3.22. The number of hydrogen-bond acceptors (Lipinski definition) is 5. The van der Waals surface area contributed by atoms with Gasteiger partial charge in [0.25, 0.3) is 5.91 Å². The Labute approximate surface area is 143 Å². The van der Waals surface area contributed by atoms with E-state index < -0.39 is 21.6 Å². The van der Waals surface area contributed by atoms with Gasteiger partial charge < -0.3 is 9.73 Å². The first-order chi connectivity index (χ1) is 11.8. The van der Waals surface area contributed by atoms with Gasteiger partial charge in [-0.15, -0.1) is 0 Å². The number of fused-ring (bicyclic) bond motifs is 1. The Kier molecular flexibility index (Phi) is 4.28. The molecule has 25 heavy (non-hydrogen) atoms. The van der Waals surface area contributed by atoms with E-state index >= 15 is 0 Å². The number of hydrogen-bond donors (Lipinski definition) is 2. The van der Waals surface area contributed by atoms with Crippen LogP contribution in [0.15, 0.2) is 63.8 Å². The van der Waals surface area contributed by atoms with Crippen LogP contribution in [-0.2, 0) is 10.0 Å². The summed E-state index contributed by atoms with van der Waals surface area (Å²) in [6.07, 6.45) is 1.04. The van der Waals surface area contributed by atoms with E-state index in [1.54, 1.807) is 24.3 Å². The Morgan fingerprint density at radius 1 is 1.00 bits per heavy atom. The smallest absolute Gasteiger partial charge is 0.349 e. The van der Waals surface area contributed by atoms with Crippen LogP contribution in [0.25, 0.3) is 11.0 Å². The van der Waals surface area contributed by atoms with E-state index in [-0.39, 0.29) is 5.56 Å². The van der Waals surface area contributed by atoms with Crippen LogP contribution in [0, 0.1) is 0 Å². The first kappa shape index (κ1) is 16.7. The molecule has 0 fully saturated rings. The molecule has 1 aromatic heterocycles. The second-order valence-electron chi connectivity index (χ2n) is 5.39. The Morgan fingerprint density at radius 2 is 1.64 bits per heavy atom. The number of carbonyl (C=O) groups excluding carboxylic acids is 1. The third-order valence-electron chi connectivity index (χ3n) is 3.33. The van der Waals surface area contributed by atoms with Crippen LogP contribution in [0.4, 0.5) is 11.4 Å². The lowest BCUT2D eigenvalue weighted by Crippen LogP contribution is -2.20. The fourth-order valence-corrected chi connectivity index (χ4v) is 2.82. The van der Waals surface area contributed by atoms with Crippen molar-refractivity contribution in [3.05, 3.63) is 70.6 Å². The maximum atomic E-state index is 12.3. The number of benzene rings is 2. The van der Waals surface area contributed by atoms with Crippen molar-refractivity contribution in [2.24, 2.45) is 0 Å². The molecule has 0 unspecified atom stereocenters. The number of sulfonamides is 1. The molecule has 3 aromatic rings. The van der Waals surface area contributed by atoms with E-state index in [0.717, 1.165) is 6.26 Å². The van der Waals surface area contributed by atoms with E-state index in [9.17, 15) is 18.0 Å². The average Bonchev–Trinajstić information content (AvgIpc) is 2.54. The molecule has 2 aromatic carbocycles. The van der Waals surface area contributed by atoms with Crippen molar-refractivity contribution in [1.82, 2.24) is 0 Å². The molecule has 8 heteroatoms. The van der Waals surface area contributed by atoms with Crippen LogP contribution in [0.3, 0.4) is 0 Å². The Bertz CT molecular complexity index is 1100. The minimum absolute atomic E-state index is 0.114. The van der Waals surface area contributed by atoms with Crippen molar-refractivity contribution in [3.63, 3.8) is 0 Å². The third kappa shape index (κ3) is 4.04. The first-order valence-electron chi connectivity index (χ1n) is 7.24. The Morgan fingerprint density at radius 3 is 2.32 bits per heavy atom. The van der Waals surface area contributed by atoms with Crippen molar-refractivity contribution >= 4 is 38.3 Å². The number of anilines is 2. The standard InChI is InChI=1S/C17H14N2O5S/c1-25(22,23)19-13-8-6-12(7-9-13)18-16(20)14-10-11-4-2-3-5-15(11)24-17(14)21/h2-10,19H,1H3,(H,18,20). The molecular weight excluding hydrogens is 344 g/mol. The predicted octanol–water partition coefficient (Wildman–Crippen LogP) is 2.42. The highest BCUT2D eigenvalue weighted by Crippen LogP contribution is 2.16. The lowest BCUT2D eigenvalue weighted by Gasteiger charge is -2.07. The van der Waals surface area contributed by atoms with E-state index in [4.69, 9.17) is 4.42 Å². The van der Waals surface area contributed by atoms with Gasteiger partial charge in [-0.25, -0.2) is 13.2 Å². The fraction of sp³-hybridized carbons (Fsp3) is 0.0588. The van der Waals surface area contributed by atoms with Gasteiger partial charge in [0.05, 0.1) is 6.26 Å². The summed E-state index contributed by atoms with van der Waals surface area (Å²) < 4.78 is 29.8. The fourth-order valence-electron chi connectivity index (χ4n) is 2.25. The van der Waals surface area contributed by atoms with Crippen LogP contribution < -0.4 is 15.7 Å². The van der Waals surface area contributed by atoms with E-state index in [0.29, 0.717) is 22.3 Å². The summed E-state index contributed by atoms with van der Waals surface area (Å²) in [5.41, 5.74) is 0.339. The number of nitrogens with one attached hydrogen (secondary N) is 2. The largest absolute Gasteiger partial charge is 0.422 e. The van der Waals surface area contributed by atoms with Crippen LogP contribution >= 0.6 is 0 Å². The highest BCUT2D eigenvalue weighted by molar-refractivity contribution is 7.92. The number of rotatable bonds is 4. The van der Waals surface area contributed by atoms with Crippen LogP contribution in [-0.4, -0.2) is 20.6 Å². The van der Waals surface area contributed by atoms with Gasteiger partial charge in [0, 0.05) is 16.8 Å². The third-order valence-corrected chi connectivity index (χ3v) is 3.94. The molecule has 0 bridgehead atoms. The SMILES string of the molecule is CS(=O)(=O)Nc1ccc(NC(=O)c2cc3ccccc3oc2=O)cc1. The average molecular weight is 358 g/mol. The van der Waals surface area contributed by atoms with Crippen molar-refractivity contribution in [2.75, 3.05) is 16.3 Å². The minimum Gasteiger partial charge on any atom is -0.422 e. The van der Waals surface area contributed by atoms with Gasteiger partial charge in [0.2, 0.25) is 10.0 Å². The zero-order valence-corrected chi connectivity index (χ0v) is 14.0. The molecule has 3 rings (SSSR count). The van der Waals surface area contributed by atoms with Gasteiger partial charge >= 0.3 is 5.63 Å². The molecule has 1 amide bonds. The molecule has 0 radical (unpaired) electrons. The summed E-state index contributed by atoms with van der Waals surface area (Å²) in [6, 6.07) is 14.4. The molecule has 0 spiro atoms. The monoisotopic (exact) mass is 358 g/mol. The second-order valence-corrected chi connectivity index (χ2v) is 7.14. The molecule has 0 aliphatic heterocycles.